The van der Waals surface area contributed by atoms with Gasteiger partial charge in [0.1, 0.15) is 5.82 Å². The summed E-state index contributed by atoms with van der Waals surface area (Å²) in [5.74, 6) is -0.879. The van der Waals surface area contributed by atoms with E-state index >= 15 is 0 Å². The Morgan fingerprint density at radius 2 is 1.45 bits per heavy atom. The van der Waals surface area contributed by atoms with Crippen molar-refractivity contribution in [2.24, 2.45) is 0 Å². The van der Waals surface area contributed by atoms with Gasteiger partial charge in [-0.2, -0.15) is 9.97 Å². The second-order valence-corrected chi connectivity index (χ2v) is 6.62. The Hall–Kier alpha value is -3.52. The van der Waals surface area contributed by atoms with Crippen molar-refractivity contribution >= 4 is 5.97 Å². The summed E-state index contributed by atoms with van der Waals surface area (Å²) >= 11 is 0. The monoisotopic (exact) mass is 423 g/mol. The third-order valence-corrected chi connectivity index (χ3v) is 4.57. The second kappa shape index (κ2) is 9.99. The van der Waals surface area contributed by atoms with Gasteiger partial charge >= 0.3 is 18.0 Å². The van der Waals surface area contributed by atoms with Crippen LogP contribution in [0.2, 0.25) is 0 Å². The number of hydrogen-bond acceptors (Lipinski definition) is 7. The number of aromatic nitrogens is 3. The minimum atomic E-state index is -1.49. The van der Waals surface area contributed by atoms with Crippen LogP contribution in [0, 0.1) is 6.92 Å². The molecule has 0 spiro atoms. The van der Waals surface area contributed by atoms with Crippen LogP contribution in [0.5, 0.6) is 12.0 Å². The van der Waals surface area contributed by atoms with E-state index in [2.05, 4.69) is 15.0 Å². The molecular weight excluding hydrogens is 398 g/mol. The predicted octanol–water partition coefficient (Wildman–Crippen LogP) is 3.39. The molecule has 0 saturated carbocycles. The summed E-state index contributed by atoms with van der Waals surface area (Å²) in [5, 5.41) is 10.3. The third-order valence-electron chi connectivity index (χ3n) is 4.57. The molecule has 0 amide bonds. The number of hydrogen-bond donors (Lipinski definition) is 1. The van der Waals surface area contributed by atoms with Crippen LogP contribution in [0.1, 0.15) is 30.8 Å². The molecular formula is C23H25N3O5. The molecule has 1 unspecified atom stereocenters. The normalized spacial score (nSPS) is 12.2. The first-order valence-corrected chi connectivity index (χ1v) is 10.0. The highest BCUT2D eigenvalue weighted by Gasteiger charge is 2.50. The van der Waals surface area contributed by atoms with Crippen molar-refractivity contribution in [2.75, 3.05) is 13.2 Å². The number of benzene rings is 2. The van der Waals surface area contributed by atoms with Crippen molar-refractivity contribution in [3.05, 3.63) is 77.6 Å². The second-order valence-electron chi connectivity index (χ2n) is 6.62. The summed E-state index contributed by atoms with van der Waals surface area (Å²) in [6, 6.07) is 18.2. The Kier molecular flexibility index (Phi) is 7.15. The van der Waals surface area contributed by atoms with Gasteiger partial charge in [-0.05, 0) is 31.9 Å². The first kappa shape index (κ1) is 22.2. The molecule has 0 radical (unpaired) electrons. The van der Waals surface area contributed by atoms with Gasteiger partial charge in [0.15, 0.2) is 5.60 Å². The zero-order valence-electron chi connectivity index (χ0n) is 17.7. The Labute approximate surface area is 180 Å². The van der Waals surface area contributed by atoms with Crippen LogP contribution in [0.4, 0.5) is 0 Å². The summed E-state index contributed by atoms with van der Waals surface area (Å²) in [4.78, 5) is 24.9. The summed E-state index contributed by atoms with van der Waals surface area (Å²) < 4.78 is 17.5. The molecule has 3 rings (SSSR count). The zero-order valence-corrected chi connectivity index (χ0v) is 17.7. The first-order valence-electron chi connectivity index (χ1n) is 10.0. The molecule has 1 heterocycles. The van der Waals surface area contributed by atoms with Gasteiger partial charge in [-0.15, -0.1) is 4.98 Å². The molecule has 31 heavy (non-hydrogen) atoms. The van der Waals surface area contributed by atoms with Crippen LogP contribution in [0.3, 0.4) is 0 Å². The van der Waals surface area contributed by atoms with Crippen LogP contribution in [0.25, 0.3) is 0 Å². The molecule has 2 aromatic carbocycles. The van der Waals surface area contributed by atoms with E-state index in [0.717, 1.165) is 0 Å². The maximum atomic E-state index is 12.6. The quantitative estimate of drug-likeness (QED) is 0.529. The molecule has 1 N–H and O–H groups in total. The number of nitrogens with zero attached hydrogens (tertiary/aromatic N) is 3. The fourth-order valence-electron chi connectivity index (χ4n) is 3.40. The highest BCUT2D eigenvalue weighted by atomic mass is 16.6. The van der Waals surface area contributed by atoms with Gasteiger partial charge in [0, 0.05) is 6.61 Å². The molecule has 162 valence electrons. The fourth-order valence-corrected chi connectivity index (χ4v) is 3.40. The Balaban J connectivity index is 2.18. The Bertz CT molecular complexity index is 959. The minimum absolute atomic E-state index is 0.0653. The SMILES string of the molecule is CCOc1nc(C)nc(OC(C(=O)O)C(OCC)(c2ccccc2)c2ccccc2)n1. The average Bonchev–Trinajstić information content (AvgIpc) is 2.77. The number of rotatable bonds is 10. The molecule has 3 aromatic rings. The molecule has 0 aliphatic heterocycles. The van der Waals surface area contributed by atoms with Crippen LogP contribution in [0.15, 0.2) is 60.7 Å². The summed E-state index contributed by atoms with van der Waals surface area (Å²) in [6.07, 6.45) is -1.49. The maximum Gasteiger partial charge on any atom is 0.348 e. The van der Waals surface area contributed by atoms with E-state index in [-0.39, 0.29) is 18.6 Å². The van der Waals surface area contributed by atoms with Gasteiger partial charge in [0.05, 0.1) is 6.61 Å². The van der Waals surface area contributed by atoms with E-state index in [1.807, 2.05) is 60.7 Å². The molecule has 8 heteroatoms. The topological polar surface area (TPSA) is 104 Å². The van der Waals surface area contributed by atoms with Gasteiger partial charge in [0.2, 0.25) is 6.10 Å². The minimum Gasteiger partial charge on any atom is -0.478 e. The largest absolute Gasteiger partial charge is 0.478 e. The van der Waals surface area contributed by atoms with Crippen molar-refractivity contribution in [3.8, 4) is 12.0 Å². The van der Waals surface area contributed by atoms with E-state index in [9.17, 15) is 9.90 Å². The first-order chi connectivity index (χ1) is 15.0. The molecule has 0 aliphatic carbocycles. The van der Waals surface area contributed by atoms with E-state index in [4.69, 9.17) is 14.2 Å². The number of carboxylic acids is 1. The van der Waals surface area contributed by atoms with Crippen LogP contribution in [-0.4, -0.2) is 45.3 Å². The number of aryl methyl sites for hydroxylation is 1. The Morgan fingerprint density at radius 3 is 1.94 bits per heavy atom. The van der Waals surface area contributed by atoms with Crippen LogP contribution >= 0.6 is 0 Å². The lowest BCUT2D eigenvalue weighted by Crippen LogP contribution is -2.51. The highest BCUT2D eigenvalue weighted by molar-refractivity contribution is 5.76. The Morgan fingerprint density at radius 1 is 0.903 bits per heavy atom. The van der Waals surface area contributed by atoms with Crippen molar-refractivity contribution in [1.82, 2.24) is 15.0 Å². The van der Waals surface area contributed by atoms with Crippen LogP contribution < -0.4 is 9.47 Å². The zero-order chi connectivity index (χ0) is 22.3. The lowest BCUT2D eigenvalue weighted by molar-refractivity contribution is -0.163. The third kappa shape index (κ3) is 4.80. The van der Waals surface area contributed by atoms with Crippen molar-refractivity contribution < 1.29 is 24.1 Å². The predicted molar refractivity (Wildman–Crippen MR) is 113 cm³/mol. The molecule has 0 saturated heterocycles. The highest BCUT2D eigenvalue weighted by Crippen LogP contribution is 2.39. The lowest BCUT2D eigenvalue weighted by atomic mass is 9.81. The number of aliphatic carboxylic acids is 1. The molecule has 8 nitrogen and oxygen atoms in total. The molecule has 0 aliphatic rings. The molecule has 0 bridgehead atoms. The van der Waals surface area contributed by atoms with Crippen molar-refractivity contribution in [3.63, 3.8) is 0 Å². The number of carbonyl (C=O) groups is 1. The smallest absolute Gasteiger partial charge is 0.348 e. The molecule has 1 atom stereocenters. The van der Waals surface area contributed by atoms with E-state index in [1.54, 1.807) is 20.8 Å². The number of carboxylic acid groups (broad SMARTS) is 1. The molecule has 0 fully saturated rings. The van der Waals surface area contributed by atoms with E-state index < -0.39 is 17.7 Å². The lowest BCUT2D eigenvalue weighted by Gasteiger charge is -2.38. The standard InChI is InChI=1S/C23H25N3O5/c1-4-29-21-24-16(3)25-22(26-21)31-19(20(27)28)23(30-5-2,17-12-8-6-9-13-17)18-14-10-7-11-15-18/h6-15,19H,4-5H2,1-3H3,(H,27,28). The van der Waals surface area contributed by atoms with Gasteiger partial charge in [-0.25, -0.2) is 4.79 Å². The summed E-state index contributed by atoms with van der Waals surface area (Å²) in [7, 11) is 0. The molecule has 1 aromatic heterocycles. The average molecular weight is 423 g/mol. The van der Waals surface area contributed by atoms with Gasteiger partial charge in [0.25, 0.3) is 0 Å². The van der Waals surface area contributed by atoms with Crippen molar-refractivity contribution in [1.29, 1.82) is 0 Å². The van der Waals surface area contributed by atoms with E-state index in [1.165, 1.54) is 0 Å². The van der Waals surface area contributed by atoms with Gasteiger partial charge in [-0.1, -0.05) is 60.7 Å². The summed E-state index contributed by atoms with van der Waals surface area (Å²) in [5.41, 5.74) is -0.187. The fraction of sp³-hybridized carbons (Fsp3) is 0.304. The summed E-state index contributed by atoms with van der Waals surface area (Å²) in [6.45, 7) is 5.85. The van der Waals surface area contributed by atoms with Gasteiger partial charge in [-0.3, -0.25) is 0 Å². The van der Waals surface area contributed by atoms with Crippen LogP contribution in [-0.2, 0) is 15.1 Å². The maximum absolute atomic E-state index is 12.6. The van der Waals surface area contributed by atoms with Gasteiger partial charge < -0.3 is 19.3 Å². The van der Waals surface area contributed by atoms with Crippen molar-refractivity contribution in [2.45, 2.75) is 32.5 Å². The van der Waals surface area contributed by atoms with E-state index in [0.29, 0.717) is 23.6 Å². The number of ether oxygens (including phenoxy) is 3.